The highest BCUT2D eigenvalue weighted by molar-refractivity contribution is 7.16. The molecule has 1 aromatic carbocycles. The maximum atomic E-state index is 12.5. The van der Waals surface area contributed by atoms with Gasteiger partial charge < -0.3 is 10.6 Å². The van der Waals surface area contributed by atoms with E-state index in [0.717, 1.165) is 53.2 Å². The van der Waals surface area contributed by atoms with E-state index in [0.29, 0.717) is 16.6 Å². The SMILES string of the molecule is CCC/C=C/c1ccc(-c2c(C)c(CNC(=O)NC3CCCCC3)nn2-c2ccc(Cl)cc2Cl)s1. The number of amides is 2. The summed E-state index contributed by atoms with van der Waals surface area (Å²) in [6.07, 6.45) is 12.3. The number of carbonyl (C=O) groups is 1. The summed E-state index contributed by atoms with van der Waals surface area (Å²) >= 11 is 14.4. The molecule has 1 aliphatic rings. The number of nitrogens with one attached hydrogen (secondary N) is 2. The molecular weight excluding hydrogens is 499 g/mol. The summed E-state index contributed by atoms with van der Waals surface area (Å²) in [5.74, 6) is 0. The van der Waals surface area contributed by atoms with E-state index in [-0.39, 0.29) is 12.1 Å². The first-order chi connectivity index (χ1) is 17.0. The second-order valence-corrected chi connectivity index (χ2v) is 10.9. The number of carbonyl (C=O) groups excluding carboxylic acids is 1. The van der Waals surface area contributed by atoms with E-state index in [2.05, 4.69) is 41.8 Å². The maximum absolute atomic E-state index is 12.5. The lowest BCUT2D eigenvalue weighted by atomic mass is 9.96. The second-order valence-electron chi connectivity index (χ2n) is 8.98. The summed E-state index contributed by atoms with van der Waals surface area (Å²) < 4.78 is 1.87. The molecular formula is C27H32Cl2N4OS. The molecule has 0 unspecified atom stereocenters. The van der Waals surface area contributed by atoms with E-state index >= 15 is 0 Å². The van der Waals surface area contributed by atoms with Gasteiger partial charge in [0.15, 0.2) is 0 Å². The quantitative estimate of drug-likeness (QED) is 0.308. The van der Waals surface area contributed by atoms with Crippen LogP contribution in [0.1, 0.15) is 68.0 Å². The fourth-order valence-electron chi connectivity index (χ4n) is 4.41. The lowest BCUT2D eigenvalue weighted by Gasteiger charge is -2.22. The van der Waals surface area contributed by atoms with E-state index < -0.39 is 0 Å². The number of urea groups is 1. The Morgan fingerprint density at radius 1 is 1.20 bits per heavy atom. The Balaban J connectivity index is 1.62. The standard InChI is InChI=1S/C27H32Cl2N4OS/c1-3-4-6-11-21-13-15-25(35-21)26-18(2)23(17-30-27(34)31-20-9-7-5-8-10-20)32-33(26)24-14-12-19(28)16-22(24)29/h6,11-16,20H,3-5,7-10,17H2,1-2H3,(H2,30,31,34)/b11-6+. The van der Waals surface area contributed by atoms with E-state index in [1.165, 1.54) is 24.1 Å². The first-order valence-corrected chi connectivity index (χ1v) is 13.9. The molecule has 2 amide bonds. The van der Waals surface area contributed by atoms with Crippen molar-refractivity contribution in [3.63, 3.8) is 0 Å². The molecule has 0 atom stereocenters. The molecule has 4 rings (SSSR count). The number of benzene rings is 1. The number of rotatable bonds is 8. The van der Waals surface area contributed by atoms with Crippen LogP contribution in [0.2, 0.25) is 10.0 Å². The first-order valence-electron chi connectivity index (χ1n) is 12.3. The van der Waals surface area contributed by atoms with Gasteiger partial charge in [-0.25, -0.2) is 9.48 Å². The molecule has 3 aromatic rings. The number of halogens is 2. The molecule has 1 aliphatic carbocycles. The van der Waals surface area contributed by atoms with Crippen molar-refractivity contribution in [2.24, 2.45) is 0 Å². The van der Waals surface area contributed by atoms with Crippen molar-refractivity contribution >= 4 is 46.6 Å². The van der Waals surface area contributed by atoms with Crippen molar-refractivity contribution in [3.05, 3.63) is 62.6 Å². The maximum Gasteiger partial charge on any atom is 0.315 e. The third kappa shape index (κ3) is 6.49. The molecule has 2 aromatic heterocycles. The lowest BCUT2D eigenvalue weighted by Crippen LogP contribution is -2.42. The van der Waals surface area contributed by atoms with Crippen LogP contribution >= 0.6 is 34.5 Å². The van der Waals surface area contributed by atoms with Crippen LogP contribution in [0.3, 0.4) is 0 Å². The van der Waals surface area contributed by atoms with Gasteiger partial charge in [-0.1, -0.05) is 61.9 Å². The lowest BCUT2D eigenvalue weighted by molar-refractivity contribution is 0.232. The van der Waals surface area contributed by atoms with Crippen LogP contribution in [0.15, 0.2) is 36.4 Å². The summed E-state index contributed by atoms with van der Waals surface area (Å²) in [6, 6.07) is 9.78. The van der Waals surface area contributed by atoms with Gasteiger partial charge in [0.1, 0.15) is 0 Å². The van der Waals surface area contributed by atoms with Crippen LogP contribution < -0.4 is 10.6 Å². The van der Waals surface area contributed by atoms with Crippen LogP contribution in [-0.2, 0) is 6.54 Å². The normalized spacial score (nSPS) is 14.5. The molecule has 35 heavy (non-hydrogen) atoms. The minimum Gasteiger partial charge on any atom is -0.335 e. The van der Waals surface area contributed by atoms with Gasteiger partial charge in [-0.05, 0) is 62.6 Å². The highest BCUT2D eigenvalue weighted by Gasteiger charge is 2.21. The van der Waals surface area contributed by atoms with Crippen LogP contribution in [0.4, 0.5) is 4.79 Å². The van der Waals surface area contributed by atoms with E-state index in [9.17, 15) is 4.79 Å². The molecule has 1 fully saturated rings. The average Bonchev–Trinajstić information content (AvgIpc) is 3.42. The van der Waals surface area contributed by atoms with Gasteiger partial charge in [-0.2, -0.15) is 5.10 Å². The summed E-state index contributed by atoms with van der Waals surface area (Å²) in [7, 11) is 0. The van der Waals surface area contributed by atoms with Gasteiger partial charge in [0.05, 0.1) is 33.5 Å². The Kier molecular flexibility index (Phi) is 8.93. The predicted molar refractivity (Wildman–Crippen MR) is 148 cm³/mol. The van der Waals surface area contributed by atoms with E-state index in [1.807, 2.05) is 23.7 Å². The number of hydrogen-bond acceptors (Lipinski definition) is 3. The summed E-state index contributed by atoms with van der Waals surface area (Å²) in [5, 5.41) is 12.1. The van der Waals surface area contributed by atoms with Crippen molar-refractivity contribution in [2.75, 3.05) is 0 Å². The number of hydrogen-bond donors (Lipinski definition) is 2. The number of aromatic nitrogens is 2. The average molecular weight is 532 g/mol. The van der Waals surface area contributed by atoms with Gasteiger partial charge in [0, 0.05) is 21.5 Å². The van der Waals surface area contributed by atoms with Crippen LogP contribution in [-0.4, -0.2) is 21.9 Å². The topological polar surface area (TPSA) is 59.0 Å². The molecule has 0 spiro atoms. The molecule has 2 heterocycles. The molecule has 5 nitrogen and oxygen atoms in total. The second kappa shape index (κ2) is 12.1. The number of unbranched alkanes of at least 4 members (excludes halogenated alkanes) is 1. The Morgan fingerprint density at radius 2 is 2.00 bits per heavy atom. The minimum absolute atomic E-state index is 0.142. The van der Waals surface area contributed by atoms with Gasteiger partial charge in [0.2, 0.25) is 0 Å². The fourth-order valence-corrected chi connectivity index (χ4v) is 5.92. The third-order valence-corrected chi connectivity index (χ3v) is 7.91. The largest absolute Gasteiger partial charge is 0.335 e. The van der Waals surface area contributed by atoms with Gasteiger partial charge in [0.25, 0.3) is 0 Å². The molecule has 0 aliphatic heterocycles. The molecule has 0 bridgehead atoms. The van der Waals surface area contributed by atoms with Gasteiger partial charge >= 0.3 is 6.03 Å². The van der Waals surface area contributed by atoms with Gasteiger partial charge in [-0.3, -0.25) is 0 Å². The highest BCUT2D eigenvalue weighted by atomic mass is 35.5. The van der Waals surface area contributed by atoms with Crippen molar-refractivity contribution in [1.82, 2.24) is 20.4 Å². The smallest absolute Gasteiger partial charge is 0.315 e. The monoisotopic (exact) mass is 530 g/mol. The highest BCUT2D eigenvalue weighted by Crippen LogP contribution is 2.36. The van der Waals surface area contributed by atoms with Crippen LogP contribution in [0.5, 0.6) is 0 Å². The Morgan fingerprint density at radius 3 is 2.74 bits per heavy atom. The van der Waals surface area contributed by atoms with Crippen molar-refractivity contribution in [2.45, 2.75) is 71.4 Å². The first kappa shape index (κ1) is 25.8. The molecule has 0 radical (unpaired) electrons. The summed E-state index contributed by atoms with van der Waals surface area (Å²) in [6.45, 7) is 4.56. The van der Waals surface area contributed by atoms with E-state index in [4.69, 9.17) is 28.3 Å². The van der Waals surface area contributed by atoms with E-state index in [1.54, 1.807) is 17.4 Å². The Bertz CT molecular complexity index is 1190. The van der Waals surface area contributed by atoms with Crippen molar-refractivity contribution in [1.29, 1.82) is 0 Å². The zero-order valence-corrected chi connectivity index (χ0v) is 22.6. The molecule has 186 valence electrons. The minimum atomic E-state index is -0.142. The number of allylic oxidation sites excluding steroid dienone is 1. The van der Waals surface area contributed by atoms with Crippen LogP contribution in [0.25, 0.3) is 22.3 Å². The number of nitrogens with zero attached hydrogens (tertiary/aromatic N) is 2. The third-order valence-electron chi connectivity index (χ3n) is 6.31. The zero-order valence-electron chi connectivity index (χ0n) is 20.2. The van der Waals surface area contributed by atoms with Crippen molar-refractivity contribution in [3.8, 4) is 16.3 Å². The number of thiophene rings is 1. The fraction of sp³-hybridized carbons (Fsp3) is 0.407. The Hall–Kier alpha value is -2.28. The van der Waals surface area contributed by atoms with Gasteiger partial charge in [-0.15, -0.1) is 11.3 Å². The van der Waals surface area contributed by atoms with Crippen molar-refractivity contribution < 1.29 is 4.79 Å². The summed E-state index contributed by atoms with van der Waals surface area (Å²) in [4.78, 5) is 14.8. The Labute approximate surface area is 221 Å². The predicted octanol–water partition coefficient (Wildman–Crippen LogP) is 8.16. The molecule has 0 saturated heterocycles. The van der Waals surface area contributed by atoms with Crippen LogP contribution in [0, 0.1) is 6.92 Å². The molecule has 2 N–H and O–H groups in total. The molecule has 1 saturated carbocycles. The zero-order chi connectivity index (χ0) is 24.8. The summed E-state index contributed by atoms with van der Waals surface area (Å²) in [5.41, 5.74) is 3.55. The molecule has 8 heteroatoms.